The minimum absolute atomic E-state index is 0.0236. The molecule has 0 saturated carbocycles. The molecule has 58 valence electrons. The van der Waals surface area contributed by atoms with Gasteiger partial charge in [0.2, 0.25) is 0 Å². The minimum Gasteiger partial charge on any atom is -0.374 e. The van der Waals surface area contributed by atoms with Crippen molar-refractivity contribution >= 4 is 5.78 Å². The molecule has 0 aliphatic heterocycles. The molecule has 2 nitrogen and oxygen atoms in total. The molecule has 0 heterocycles. The van der Waals surface area contributed by atoms with E-state index in [0.29, 0.717) is 13.0 Å². The van der Waals surface area contributed by atoms with Crippen molar-refractivity contribution in [2.24, 2.45) is 0 Å². The van der Waals surface area contributed by atoms with E-state index in [-0.39, 0.29) is 11.9 Å². The molecule has 0 aliphatic rings. The lowest BCUT2D eigenvalue weighted by atomic mass is 10.2. The number of ether oxygens (including phenoxy) is 1. The molecule has 0 saturated heterocycles. The zero-order chi connectivity index (χ0) is 7.98. The first-order valence-electron chi connectivity index (χ1n) is 3.38. The zero-order valence-corrected chi connectivity index (χ0v) is 6.59. The second-order valence-electron chi connectivity index (χ2n) is 2.34. The topological polar surface area (TPSA) is 26.3 Å². The standard InChI is InChI=1S/C8H14O2/c1-4-5-10-8(3)6-7(2)9/h4,8H,1,5-6H2,2-3H3. The van der Waals surface area contributed by atoms with Crippen molar-refractivity contribution in [1.82, 2.24) is 0 Å². The summed E-state index contributed by atoms with van der Waals surface area (Å²) in [5.41, 5.74) is 0. The maximum Gasteiger partial charge on any atom is 0.132 e. The second kappa shape index (κ2) is 5.18. The fourth-order valence-electron chi connectivity index (χ4n) is 0.696. The first-order valence-corrected chi connectivity index (χ1v) is 3.38. The van der Waals surface area contributed by atoms with Gasteiger partial charge >= 0.3 is 0 Å². The number of hydrogen-bond donors (Lipinski definition) is 0. The fraction of sp³-hybridized carbons (Fsp3) is 0.625. The van der Waals surface area contributed by atoms with Crippen LogP contribution in [0.2, 0.25) is 0 Å². The minimum atomic E-state index is 0.0236. The maximum absolute atomic E-state index is 10.5. The SMILES string of the molecule is C=CCOC(C)CC(C)=O. The van der Waals surface area contributed by atoms with Crippen LogP contribution in [0.3, 0.4) is 0 Å². The molecule has 0 N–H and O–H groups in total. The van der Waals surface area contributed by atoms with Crippen LogP contribution in [0, 0.1) is 0 Å². The van der Waals surface area contributed by atoms with Gasteiger partial charge in [0.1, 0.15) is 5.78 Å². The Kier molecular flexibility index (Phi) is 4.85. The number of carbonyl (C=O) groups excluding carboxylic acids is 1. The van der Waals surface area contributed by atoms with E-state index in [1.165, 1.54) is 0 Å². The summed E-state index contributed by atoms with van der Waals surface area (Å²) in [5, 5.41) is 0. The Morgan fingerprint density at radius 3 is 2.80 bits per heavy atom. The first kappa shape index (κ1) is 9.37. The van der Waals surface area contributed by atoms with Crippen LogP contribution < -0.4 is 0 Å². The highest BCUT2D eigenvalue weighted by Gasteiger charge is 2.02. The normalized spacial score (nSPS) is 12.6. The molecular formula is C8H14O2. The Hall–Kier alpha value is -0.630. The summed E-state index contributed by atoms with van der Waals surface area (Å²) < 4.78 is 5.16. The lowest BCUT2D eigenvalue weighted by Gasteiger charge is -2.07. The van der Waals surface area contributed by atoms with Crippen LogP contribution in [0.15, 0.2) is 12.7 Å². The van der Waals surface area contributed by atoms with E-state index in [4.69, 9.17) is 4.74 Å². The van der Waals surface area contributed by atoms with E-state index in [9.17, 15) is 4.79 Å². The predicted octanol–water partition coefficient (Wildman–Crippen LogP) is 1.56. The summed E-state index contributed by atoms with van der Waals surface area (Å²) in [6.07, 6.45) is 2.19. The summed E-state index contributed by atoms with van der Waals surface area (Å²) in [7, 11) is 0. The monoisotopic (exact) mass is 142 g/mol. The number of carbonyl (C=O) groups is 1. The summed E-state index contributed by atoms with van der Waals surface area (Å²) >= 11 is 0. The molecule has 1 unspecified atom stereocenters. The molecular weight excluding hydrogens is 128 g/mol. The van der Waals surface area contributed by atoms with Gasteiger partial charge in [-0.2, -0.15) is 0 Å². The average molecular weight is 142 g/mol. The van der Waals surface area contributed by atoms with Gasteiger partial charge in [-0.1, -0.05) is 6.08 Å². The van der Waals surface area contributed by atoms with Crippen LogP contribution in [0.1, 0.15) is 20.3 Å². The van der Waals surface area contributed by atoms with Gasteiger partial charge in [-0.15, -0.1) is 6.58 Å². The molecule has 0 rings (SSSR count). The van der Waals surface area contributed by atoms with Crippen LogP contribution in [0.4, 0.5) is 0 Å². The average Bonchev–Trinajstić information content (AvgIpc) is 1.82. The summed E-state index contributed by atoms with van der Waals surface area (Å²) in [6.45, 7) is 7.47. The molecule has 0 aromatic carbocycles. The molecule has 0 aliphatic carbocycles. The highest BCUT2D eigenvalue weighted by Crippen LogP contribution is 1.97. The van der Waals surface area contributed by atoms with Gasteiger partial charge in [-0.05, 0) is 13.8 Å². The van der Waals surface area contributed by atoms with Crippen LogP contribution in [0.5, 0.6) is 0 Å². The van der Waals surface area contributed by atoms with Crippen molar-refractivity contribution in [3.8, 4) is 0 Å². The fourth-order valence-corrected chi connectivity index (χ4v) is 0.696. The van der Waals surface area contributed by atoms with Crippen molar-refractivity contribution in [3.63, 3.8) is 0 Å². The van der Waals surface area contributed by atoms with Crippen molar-refractivity contribution < 1.29 is 9.53 Å². The molecule has 0 spiro atoms. The lowest BCUT2D eigenvalue weighted by Crippen LogP contribution is -2.11. The van der Waals surface area contributed by atoms with Gasteiger partial charge in [-0.3, -0.25) is 4.79 Å². The van der Waals surface area contributed by atoms with Crippen molar-refractivity contribution in [2.45, 2.75) is 26.4 Å². The van der Waals surface area contributed by atoms with Crippen LogP contribution >= 0.6 is 0 Å². The third kappa shape index (κ3) is 5.51. The van der Waals surface area contributed by atoms with Gasteiger partial charge in [0.25, 0.3) is 0 Å². The van der Waals surface area contributed by atoms with E-state index in [0.717, 1.165) is 0 Å². The summed E-state index contributed by atoms with van der Waals surface area (Å²) in [6, 6.07) is 0. The molecule has 0 aromatic rings. The number of Topliss-reactive ketones (excluding diaryl/α,β-unsaturated/α-hetero) is 1. The van der Waals surface area contributed by atoms with Gasteiger partial charge in [0.15, 0.2) is 0 Å². The number of hydrogen-bond acceptors (Lipinski definition) is 2. The Bertz CT molecular complexity index is 118. The molecule has 1 atom stereocenters. The van der Waals surface area contributed by atoms with Gasteiger partial charge in [0, 0.05) is 6.42 Å². The molecule has 10 heavy (non-hydrogen) atoms. The van der Waals surface area contributed by atoms with E-state index in [1.807, 2.05) is 6.92 Å². The molecule has 0 fully saturated rings. The van der Waals surface area contributed by atoms with Crippen molar-refractivity contribution in [2.75, 3.05) is 6.61 Å². The second-order valence-corrected chi connectivity index (χ2v) is 2.34. The quantitative estimate of drug-likeness (QED) is 0.544. The van der Waals surface area contributed by atoms with Gasteiger partial charge in [-0.25, -0.2) is 0 Å². The predicted molar refractivity (Wildman–Crippen MR) is 40.9 cm³/mol. The smallest absolute Gasteiger partial charge is 0.132 e. The van der Waals surface area contributed by atoms with Gasteiger partial charge in [0.05, 0.1) is 12.7 Å². The summed E-state index contributed by atoms with van der Waals surface area (Å²) in [5.74, 6) is 0.163. The largest absolute Gasteiger partial charge is 0.374 e. The zero-order valence-electron chi connectivity index (χ0n) is 6.59. The maximum atomic E-state index is 10.5. The first-order chi connectivity index (χ1) is 4.66. The number of rotatable bonds is 5. The summed E-state index contributed by atoms with van der Waals surface area (Å²) in [4.78, 5) is 10.5. The molecule has 0 aromatic heterocycles. The highest BCUT2D eigenvalue weighted by molar-refractivity contribution is 5.75. The molecule has 0 radical (unpaired) electrons. The van der Waals surface area contributed by atoms with Crippen molar-refractivity contribution in [1.29, 1.82) is 0 Å². The number of ketones is 1. The molecule has 0 bridgehead atoms. The van der Waals surface area contributed by atoms with Crippen LogP contribution in [0.25, 0.3) is 0 Å². The van der Waals surface area contributed by atoms with Gasteiger partial charge < -0.3 is 4.74 Å². The molecule has 0 amide bonds. The van der Waals surface area contributed by atoms with E-state index >= 15 is 0 Å². The van der Waals surface area contributed by atoms with E-state index in [1.54, 1.807) is 13.0 Å². The Balaban J connectivity index is 3.33. The lowest BCUT2D eigenvalue weighted by molar-refractivity contribution is -0.119. The Labute approximate surface area is 61.9 Å². The van der Waals surface area contributed by atoms with Crippen LogP contribution in [-0.2, 0) is 9.53 Å². The Morgan fingerprint density at radius 1 is 1.80 bits per heavy atom. The van der Waals surface area contributed by atoms with E-state index in [2.05, 4.69) is 6.58 Å². The Morgan fingerprint density at radius 2 is 2.40 bits per heavy atom. The third-order valence-corrected chi connectivity index (χ3v) is 1.07. The molecule has 2 heteroatoms. The highest BCUT2D eigenvalue weighted by atomic mass is 16.5. The third-order valence-electron chi connectivity index (χ3n) is 1.07. The van der Waals surface area contributed by atoms with Crippen molar-refractivity contribution in [3.05, 3.63) is 12.7 Å². The van der Waals surface area contributed by atoms with E-state index < -0.39 is 0 Å². The van der Waals surface area contributed by atoms with Crippen LogP contribution in [-0.4, -0.2) is 18.5 Å².